The lowest BCUT2D eigenvalue weighted by molar-refractivity contribution is 0.631. The molecule has 0 radical (unpaired) electrons. The lowest BCUT2D eigenvalue weighted by atomic mass is 10.2. The second kappa shape index (κ2) is 5.46. The van der Waals surface area contributed by atoms with Gasteiger partial charge in [0.2, 0.25) is 0 Å². The Morgan fingerprint density at radius 1 is 0.950 bits per heavy atom. The van der Waals surface area contributed by atoms with Gasteiger partial charge in [0.05, 0.1) is 16.9 Å². The molecule has 3 aromatic rings. The van der Waals surface area contributed by atoms with Gasteiger partial charge in [-0.25, -0.2) is 4.39 Å². The number of hydrogen-bond acceptors (Lipinski definition) is 3. The van der Waals surface area contributed by atoms with Crippen LogP contribution in [0.4, 0.5) is 15.8 Å². The summed E-state index contributed by atoms with van der Waals surface area (Å²) in [7, 11) is 0. The van der Waals surface area contributed by atoms with Crippen LogP contribution in [0.15, 0.2) is 51.7 Å². The van der Waals surface area contributed by atoms with Crippen molar-refractivity contribution in [2.24, 2.45) is 0 Å². The average molecular weight is 397 g/mol. The van der Waals surface area contributed by atoms with E-state index in [2.05, 4.69) is 47.1 Å². The Labute approximate surface area is 131 Å². The summed E-state index contributed by atoms with van der Waals surface area (Å²) in [6, 6.07) is 8.37. The topological polar surface area (TPSA) is 37.8 Å². The van der Waals surface area contributed by atoms with Gasteiger partial charge in [0.25, 0.3) is 0 Å². The summed E-state index contributed by atoms with van der Waals surface area (Å²) in [5.41, 5.74) is 2.52. The van der Waals surface area contributed by atoms with Gasteiger partial charge in [0, 0.05) is 21.3 Å². The van der Waals surface area contributed by atoms with Crippen molar-refractivity contribution in [3.8, 4) is 0 Å². The normalized spacial score (nSPS) is 10.8. The van der Waals surface area contributed by atoms with Crippen LogP contribution >= 0.6 is 31.9 Å². The highest BCUT2D eigenvalue weighted by Gasteiger charge is 2.08. The lowest BCUT2D eigenvalue weighted by Gasteiger charge is -2.10. The Kier molecular flexibility index (Phi) is 3.67. The summed E-state index contributed by atoms with van der Waals surface area (Å²) in [6.07, 6.45) is 3.35. The number of fused-ring (bicyclic) bond motifs is 1. The molecule has 0 unspecified atom stereocenters. The first kappa shape index (κ1) is 13.5. The van der Waals surface area contributed by atoms with E-state index in [1.165, 1.54) is 6.07 Å². The Hall–Kier alpha value is -1.53. The molecule has 100 valence electrons. The SMILES string of the molecule is Fc1ccc(Br)cc1Nc1ccnc2cc(Br)cnc12. The number of anilines is 2. The fraction of sp³-hybridized carbons (Fsp3) is 0. The van der Waals surface area contributed by atoms with Crippen LogP contribution in [0.25, 0.3) is 11.0 Å². The van der Waals surface area contributed by atoms with Gasteiger partial charge in [-0.15, -0.1) is 0 Å². The molecule has 0 saturated heterocycles. The van der Waals surface area contributed by atoms with Gasteiger partial charge in [-0.3, -0.25) is 9.97 Å². The van der Waals surface area contributed by atoms with E-state index in [4.69, 9.17) is 0 Å². The highest BCUT2D eigenvalue weighted by molar-refractivity contribution is 9.10. The highest BCUT2D eigenvalue weighted by atomic mass is 79.9. The summed E-state index contributed by atoms with van der Waals surface area (Å²) in [5, 5.41) is 3.05. The molecule has 1 N–H and O–H groups in total. The van der Waals surface area contributed by atoms with Crippen LogP contribution in [0.2, 0.25) is 0 Å². The van der Waals surface area contributed by atoms with Crippen molar-refractivity contribution in [3.63, 3.8) is 0 Å². The first-order chi connectivity index (χ1) is 9.63. The van der Waals surface area contributed by atoms with E-state index in [1.54, 1.807) is 30.6 Å². The van der Waals surface area contributed by atoms with Crippen molar-refractivity contribution in [2.45, 2.75) is 0 Å². The maximum Gasteiger partial charge on any atom is 0.146 e. The molecule has 2 heterocycles. The van der Waals surface area contributed by atoms with Gasteiger partial charge >= 0.3 is 0 Å². The molecular formula is C14H8Br2FN3. The van der Waals surface area contributed by atoms with Gasteiger partial charge < -0.3 is 5.32 Å². The summed E-state index contributed by atoms with van der Waals surface area (Å²) in [5.74, 6) is -0.324. The summed E-state index contributed by atoms with van der Waals surface area (Å²) in [6.45, 7) is 0. The molecule has 2 aromatic heterocycles. The highest BCUT2D eigenvalue weighted by Crippen LogP contribution is 2.28. The minimum absolute atomic E-state index is 0.324. The first-order valence-corrected chi connectivity index (χ1v) is 7.34. The maximum atomic E-state index is 13.8. The molecular weight excluding hydrogens is 389 g/mol. The molecule has 0 aliphatic carbocycles. The van der Waals surface area contributed by atoms with Crippen LogP contribution in [-0.4, -0.2) is 9.97 Å². The Balaban J connectivity index is 2.09. The van der Waals surface area contributed by atoms with E-state index in [0.717, 1.165) is 14.5 Å². The summed E-state index contributed by atoms with van der Waals surface area (Å²) < 4.78 is 15.4. The van der Waals surface area contributed by atoms with Gasteiger partial charge in [-0.1, -0.05) is 15.9 Å². The number of rotatable bonds is 2. The van der Waals surface area contributed by atoms with Gasteiger partial charge in [-0.05, 0) is 46.3 Å². The van der Waals surface area contributed by atoms with E-state index >= 15 is 0 Å². The van der Waals surface area contributed by atoms with E-state index in [-0.39, 0.29) is 5.82 Å². The zero-order valence-electron chi connectivity index (χ0n) is 10.1. The third-order valence-electron chi connectivity index (χ3n) is 2.74. The number of nitrogens with zero attached hydrogens (tertiary/aromatic N) is 2. The van der Waals surface area contributed by atoms with Crippen molar-refractivity contribution in [2.75, 3.05) is 5.32 Å². The molecule has 0 saturated carbocycles. The predicted molar refractivity (Wildman–Crippen MR) is 84.6 cm³/mol. The maximum absolute atomic E-state index is 13.8. The van der Waals surface area contributed by atoms with Gasteiger partial charge in [0.1, 0.15) is 11.3 Å². The first-order valence-electron chi connectivity index (χ1n) is 5.76. The smallest absolute Gasteiger partial charge is 0.146 e. The van der Waals surface area contributed by atoms with Crippen molar-refractivity contribution >= 4 is 54.3 Å². The largest absolute Gasteiger partial charge is 0.351 e. The molecule has 0 bridgehead atoms. The predicted octanol–water partition coefficient (Wildman–Crippen LogP) is 5.04. The quantitative estimate of drug-likeness (QED) is 0.659. The van der Waals surface area contributed by atoms with Crippen molar-refractivity contribution in [1.29, 1.82) is 0 Å². The molecule has 0 aliphatic heterocycles. The third kappa shape index (κ3) is 2.66. The Morgan fingerprint density at radius 2 is 1.80 bits per heavy atom. The van der Waals surface area contributed by atoms with Crippen LogP contribution in [0.3, 0.4) is 0 Å². The molecule has 20 heavy (non-hydrogen) atoms. The third-order valence-corrected chi connectivity index (χ3v) is 3.67. The minimum Gasteiger partial charge on any atom is -0.351 e. The van der Waals surface area contributed by atoms with E-state index in [0.29, 0.717) is 16.9 Å². The molecule has 6 heteroatoms. The molecule has 3 nitrogen and oxygen atoms in total. The fourth-order valence-electron chi connectivity index (χ4n) is 1.84. The molecule has 0 atom stereocenters. The van der Waals surface area contributed by atoms with Crippen LogP contribution in [0.1, 0.15) is 0 Å². The number of benzene rings is 1. The Bertz CT molecular complexity index is 792. The van der Waals surface area contributed by atoms with Crippen LogP contribution < -0.4 is 5.32 Å². The number of nitrogens with one attached hydrogen (secondary N) is 1. The molecule has 3 rings (SSSR count). The van der Waals surface area contributed by atoms with Gasteiger partial charge in [0.15, 0.2) is 0 Å². The van der Waals surface area contributed by atoms with E-state index in [9.17, 15) is 4.39 Å². The summed E-state index contributed by atoms with van der Waals surface area (Å²) >= 11 is 6.68. The fourth-order valence-corrected chi connectivity index (χ4v) is 2.53. The minimum atomic E-state index is -0.324. The van der Waals surface area contributed by atoms with E-state index in [1.807, 2.05) is 6.07 Å². The van der Waals surface area contributed by atoms with Crippen molar-refractivity contribution < 1.29 is 4.39 Å². The van der Waals surface area contributed by atoms with Crippen LogP contribution in [0.5, 0.6) is 0 Å². The van der Waals surface area contributed by atoms with Gasteiger partial charge in [-0.2, -0.15) is 0 Å². The second-order valence-corrected chi connectivity index (χ2v) is 5.96. The average Bonchev–Trinajstić information content (AvgIpc) is 2.43. The number of aromatic nitrogens is 2. The lowest BCUT2D eigenvalue weighted by Crippen LogP contribution is -1.96. The standard InChI is InChI=1S/C14H8Br2FN3/c15-8-1-2-10(17)12(5-8)20-11-3-4-18-13-6-9(16)7-19-14(11)13/h1-7H,(H,18,20). The van der Waals surface area contributed by atoms with Crippen molar-refractivity contribution in [3.05, 3.63) is 57.5 Å². The Morgan fingerprint density at radius 3 is 2.65 bits per heavy atom. The second-order valence-electron chi connectivity index (χ2n) is 4.13. The van der Waals surface area contributed by atoms with Crippen LogP contribution in [-0.2, 0) is 0 Å². The zero-order valence-corrected chi connectivity index (χ0v) is 13.2. The zero-order chi connectivity index (χ0) is 14.1. The number of halogens is 3. The van der Waals surface area contributed by atoms with Crippen molar-refractivity contribution in [1.82, 2.24) is 9.97 Å². The number of hydrogen-bond donors (Lipinski definition) is 1. The summed E-state index contributed by atoms with van der Waals surface area (Å²) in [4.78, 5) is 8.57. The van der Waals surface area contributed by atoms with E-state index < -0.39 is 0 Å². The molecule has 0 amide bonds. The molecule has 0 spiro atoms. The molecule has 0 fully saturated rings. The molecule has 0 aliphatic rings. The van der Waals surface area contributed by atoms with Crippen LogP contribution in [0, 0.1) is 5.82 Å². The monoisotopic (exact) mass is 395 g/mol. The molecule has 1 aromatic carbocycles. The number of pyridine rings is 2.